The Kier molecular flexibility index (Phi) is 3.54. The van der Waals surface area contributed by atoms with Gasteiger partial charge in [0.1, 0.15) is 23.0 Å². The molecule has 0 radical (unpaired) electrons. The van der Waals surface area contributed by atoms with Crippen LogP contribution in [-0.2, 0) is 15.1 Å². The van der Waals surface area contributed by atoms with Crippen LogP contribution in [0.5, 0.6) is 23.0 Å². The fourth-order valence-corrected chi connectivity index (χ4v) is 3.88. The molecule has 5 rings (SSSR count). The van der Waals surface area contributed by atoms with Crippen molar-refractivity contribution in [2.24, 2.45) is 0 Å². The number of benzene rings is 3. The molecule has 0 amide bonds. The van der Waals surface area contributed by atoms with Gasteiger partial charge in [0, 0.05) is 28.8 Å². The molecule has 2 aliphatic heterocycles. The van der Waals surface area contributed by atoms with Gasteiger partial charge in [-0.1, -0.05) is 18.2 Å². The highest BCUT2D eigenvalue weighted by Crippen LogP contribution is 2.56. The van der Waals surface area contributed by atoms with Crippen molar-refractivity contribution in [3.8, 4) is 23.0 Å². The average Bonchev–Trinajstić information content (AvgIpc) is 2.99. The van der Waals surface area contributed by atoms with E-state index in [0.29, 0.717) is 39.5 Å². The zero-order valence-electron chi connectivity index (χ0n) is 14.9. The summed E-state index contributed by atoms with van der Waals surface area (Å²) in [7, 11) is 0. The minimum atomic E-state index is -1.24. The van der Waals surface area contributed by atoms with Gasteiger partial charge in [0.15, 0.2) is 12.2 Å². The summed E-state index contributed by atoms with van der Waals surface area (Å²) < 4.78 is 17.2. The van der Waals surface area contributed by atoms with E-state index in [1.807, 2.05) is 12.1 Å². The van der Waals surface area contributed by atoms with Gasteiger partial charge in [0.05, 0.1) is 5.56 Å². The molecule has 1 spiro atoms. The first-order valence-corrected chi connectivity index (χ1v) is 8.82. The van der Waals surface area contributed by atoms with Gasteiger partial charge in [-0.25, -0.2) is 9.59 Å². The van der Waals surface area contributed by atoms with E-state index in [4.69, 9.17) is 19.3 Å². The zero-order chi connectivity index (χ0) is 20.2. The molecule has 0 aromatic heterocycles. The second-order valence-electron chi connectivity index (χ2n) is 6.74. The Bertz CT molecular complexity index is 1180. The third-order valence-corrected chi connectivity index (χ3v) is 5.03. The summed E-state index contributed by atoms with van der Waals surface area (Å²) in [5, 5.41) is 18.8. The summed E-state index contributed by atoms with van der Waals surface area (Å²) in [4.78, 5) is 23.5. The van der Waals surface area contributed by atoms with Gasteiger partial charge >= 0.3 is 11.9 Å². The summed E-state index contributed by atoms with van der Waals surface area (Å²) >= 11 is 0. The molecule has 3 aromatic rings. The van der Waals surface area contributed by atoms with Gasteiger partial charge in [-0.05, 0) is 30.3 Å². The number of esters is 1. The number of hydrogen-bond acceptors (Lipinski definition) is 6. The first-order valence-electron chi connectivity index (χ1n) is 8.82. The molecule has 0 saturated heterocycles. The van der Waals surface area contributed by atoms with Crippen LogP contribution in [0.1, 0.15) is 27.0 Å². The molecule has 0 bridgehead atoms. The van der Waals surface area contributed by atoms with Crippen molar-refractivity contribution >= 4 is 11.9 Å². The van der Waals surface area contributed by atoms with Gasteiger partial charge in [0.25, 0.3) is 0 Å². The average molecular weight is 390 g/mol. The van der Waals surface area contributed by atoms with Gasteiger partial charge in [0.2, 0.25) is 0 Å². The summed E-state index contributed by atoms with van der Waals surface area (Å²) in [6.07, 6.45) is 0. The summed E-state index contributed by atoms with van der Waals surface area (Å²) in [5.41, 5.74) is 1.04. The van der Waals surface area contributed by atoms with Crippen LogP contribution in [0.4, 0.5) is 0 Å². The van der Waals surface area contributed by atoms with Crippen molar-refractivity contribution in [3.05, 3.63) is 82.9 Å². The lowest BCUT2D eigenvalue weighted by molar-refractivity contribution is -0.139. The van der Waals surface area contributed by atoms with Gasteiger partial charge in [-0.15, -0.1) is 0 Å². The number of hydrogen-bond donors (Lipinski definition) is 2. The number of phenolic OH excluding ortho intramolecular Hbond substituents is 1. The Hall–Kier alpha value is -4.00. The second kappa shape index (κ2) is 6.00. The van der Waals surface area contributed by atoms with Crippen LogP contribution in [0.3, 0.4) is 0 Å². The van der Waals surface area contributed by atoms with Crippen molar-refractivity contribution in [3.63, 3.8) is 0 Å². The Morgan fingerprint density at radius 3 is 2.48 bits per heavy atom. The van der Waals surface area contributed by atoms with E-state index >= 15 is 0 Å². The van der Waals surface area contributed by atoms with Crippen molar-refractivity contribution in [1.82, 2.24) is 0 Å². The van der Waals surface area contributed by atoms with Crippen LogP contribution in [0.25, 0.3) is 0 Å². The molecule has 29 heavy (non-hydrogen) atoms. The molecule has 0 aliphatic carbocycles. The fraction of sp³-hybridized carbons (Fsp3) is 0.0909. The maximum Gasteiger partial charge on any atom is 0.341 e. The number of carbonyl (C=O) groups is 2. The largest absolute Gasteiger partial charge is 0.508 e. The third-order valence-electron chi connectivity index (χ3n) is 5.03. The smallest absolute Gasteiger partial charge is 0.341 e. The highest BCUT2D eigenvalue weighted by Gasteiger charge is 2.53. The molecular weight excluding hydrogens is 376 g/mol. The highest BCUT2D eigenvalue weighted by atomic mass is 16.6. The Morgan fingerprint density at radius 2 is 1.69 bits per heavy atom. The molecule has 2 N–H and O–H groups in total. The number of rotatable bonds is 3. The van der Waals surface area contributed by atoms with Gasteiger partial charge < -0.3 is 24.4 Å². The van der Waals surface area contributed by atoms with E-state index in [1.54, 1.807) is 36.4 Å². The third kappa shape index (κ3) is 2.44. The van der Waals surface area contributed by atoms with Crippen molar-refractivity contribution in [2.75, 3.05) is 6.61 Å². The van der Waals surface area contributed by atoms with Crippen molar-refractivity contribution in [1.29, 1.82) is 0 Å². The number of carboxylic acid groups (broad SMARTS) is 1. The van der Waals surface area contributed by atoms with Crippen LogP contribution >= 0.6 is 0 Å². The SMILES string of the molecule is O=C(O)COc1ccc2c(c1)Oc1cc(O)ccc1[C@]21OC(=O)c2ccccc21. The van der Waals surface area contributed by atoms with E-state index in [1.165, 1.54) is 12.1 Å². The lowest BCUT2D eigenvalue weighted by atomic mass is 9.77. The number of phenols is 1. The van der Waals surface area contributed by atoms with Crippen molar-refractivity contribution in [2.45, 2.75) is 5.60 Å². The topological polar surface area (TPSA) is 102 Å². The Labute approximate surface area is 164 Å². The van der Waals surface area contributed by atoms with Crippen LogP contribution in [0, 0.1) is 0 Å². The quantitative estimate of drug-likeness (QED) is 0.661. The number of carboxylic acids is 1. The summed E-state index contributed by atoms with van der Waals surface area (Å²) in [6, 6.07) is 16.6. The molecule has 144 valence electrons. The molecule has 2 heterocycles. The molecular formula is C22H14O7. The standard InChI is InChI=1S/C22H14O7/c23-12-5-7-16-18(9-12)28-19-10-13(27-11-20(24)25)6-8-17(19)22(16)15-4-2-1-3-14(15)21(26)29-22/h1-10,23H,11H2,(H,24,25)/t22-/m0/s1. The van der Waals surface area contributed by atoms with Crippen LogP contribution in [-0.4, -0.2) is 28.8 Å². The normalized spacial score (nSPS) is 18.3. The Morgan fingerprint density at radius 1 is 0.966 bits per heavy atom. The minimum Gasteiger partial charge on any atom is -0.508 e. The molecule has 3 aromatic carbocycles. The number of aliphatic carboxylic acids is 1. The predicted molar refractivity (Wildman–Crippen MR) is 99.5 cm³/mol. The lowest BCUT2D eigenvalue weighted by Gasteiger charge is -2.36. The van der Waals surface area contributed by atoms with Crippen LogP contribution in [0.15, 0.2) is 60.7 Å². The number of ether oxygens (including phenoxy) is 3. The minimum absolute atomic E-state index is 0.00163. The van der Waals surface area contributed by atoms with Crippen LogP contribution < -0.4 is 9.47 Å². The molecule has 0 fully saturated rings. The monoisotopic (exact) mass is 390 g/mol. The molecule has 2 aliphatic rings. The number of fused-ring (bicyclic) bond motifs is 6. The first-order chi connectivity index (χ1) is 14.0. The molecule has 7 nitrogen and oxygen atoms in total. The first kappa shape index (κ1) is 17.1. The molecule has 7 heteroatoms. The maximum atomic E-state index is 12.7. The fourth-order valence-electron chi connectivity index (χ4n) is 3.88. The van der Waals surface area contributed by atoms with E-state index in [0.717, 1.165) is 0 Å². The van der Waals surface area contributed by atoms with Crippen molar-refractivity contribution < 1.29 is 34.0 Å². The lowest BCUT2D eigenvalue weighted by Crippen LogP contribution is -2.33. The van der Waals surface area contributed by atoms with E-state index in [-0.39, 0.29) is 5.75 Å². The highest BCUT2D eigenvalue weighted by molar-refractivity contribution is 5.97. The van der Waals surface area contributed by atoms with Crippen LogP contribution in [0.2, 0.25) is 0 Å². The van der Waals surface area contributed by atoms with E-state index in [2.05, 4.69) is 0 Å². The molecule has 0 unspecified atom stereocenters. The van der Waals surface area contributed by atoms with E-state index < -0.39 is 24.1 Å². The maximum absolute atomic E-state index is 12.7. The second-order valence-corrected chi connectivity index (χ2v) is 6.74. The molecule has 0 saturated carbocycles. The Balaban J connectivity index is 1.75. The van der Waals surface area contributed by atoms with Gasteiger partial charge in [-0.2, -0.15) is 0 Å². The summed E-state index contributed by atoms with van der Waals surface area (Å²) in [5.74, 6) is -0.596. The number of carbonyl (C=O) groups excluding carboxylic acids is 1. The molecule has 1 atom stereocenters. The number of aromatic hydroxyl groups is 1. The van der Waals surface area contributed by atoms with Gasteiger partial charge in [-0.3, -0.25) is 0 Å². The zero-order valence-corrected chi connectivity index (χ0v) is 14.9. The van der Waals surface area contributed by atoms with E-state index in [9.17, 15) is 14.7 Å². The summed E-state index contributed by atoms with van der Waals surface area (Å²) in [6.45, 7) is -0.501. The predicted octanol–water partition coefficient (Wildman–Crippen LogP) is 3.42.